The van der Waals surface area contributed by atoms with Gasteiger partial charge in [0.1, 0.15) is 0 Å². The predicted molar refractivity (Wildman–Crippen MR) is 107 cm³/mol. The number of carbonyl (C=O) groups is 1. The van der Waals surface area contributed by atoms with E-state index in [2.05, 4.69) is 13.8 Å². The van der Waals surface area contributed by atoms with Crippen LogP contribution in [0, 0.1) is 5.92 Å². The molecule has 0 aliphatic carbocycles. The molecule has 0 aromatic heterocycles. The van der Waals surface area contributed by atoms with Crippen LogP contribution in [-0.2, 0) is 9.53 Å². The molecule has 150 valence electrons. The van der Waals surface area contributed by atoms with Crippen molar-refractivity contribution >= 4 is 5.97 Å². The first kappa shape index (κ1) is 24.4. The molecule has 0 aliphatic rings. The van der Waals surface area contributed by atoms with Crippen LogP contribution in [-0.4, -0.2) is 23.8 Å². The maximum Gasteiger partial charge on any atom is 0.308 e. The molecule has 0 bridgehead atoms. The summed E-state index contributed by atoms with van der Waals surface area (Å²) in [7, 11) is 0. The van der Waals surface area contributed by atoms with Gasteiger partial charge in [-0.05, 0) is 39.0 Å². The van der Waals surface area contributed by atoms with Crippen molar-refractivity contribution in [3.05, 3.63) is 0 Å². The molecule has 0 spiro atoms. The van der Waals surface area contributed by atoms with E-state index in [9.17, 15) is 9.90 Å². The van der Waals surface area contributed by atoms with Crippen molar-refractivity contribution in [3.63, 3.8) is 0 Å². The molecule has 0 rings (SSSR count). The number of rotatable bonds is 18. The molecular weight excluding hydrogens is 312 g/mol. The molecule has 0 saturated carbocycles. The topological polar surface area (TPSA) is 46.5 Å². The Morgan fingerprint density at radius 1 is 0.760 bits per heavy atom. The van der Waals surface area contributed by atoms with Crippen molar-refractivity contribution in [2.45, 2.75) is 123 Å². The summed E-state index contributed by atoms with van der Waals surface area (Å²) in [5.74, 6) is 0.113. The first-order chi connectivity index (χ1) is 12.1. The summed E-state index contributed by atoms with van der Waals surface area (Å²) in [5, 5.41) is 9.26. The zero-order chi connectivity index (χ0) is 18.8. The summed E-state index contributed by atoms with van der Waals surface area (Å²) >= 11 is 0. The molecule has 0 aromatic carbocycles. The van der Waals surface area contributed by atoms with Crippen LogP contribution in [0.15, 0.2) is 0 Å². The van der Waals surface area contributed by atoms with E-state index in [4.69, 9.17) is 4.74 Å². The lowest BCUT2D eigenvalue weighted by molar-refractivity contribution is -0.149. The first-order valence-electron chi connectivity index (χ1n) is 11.0. The summed E-state index contributed by atoms with van der Waals surface area (Å²) in [5.41, 5.74) is 0. The lowest BCUT2D eigenvalue weighted by atomic mass is 9.94. The number of esters is 1. The molecule has 3 nitrogen and oxygen atoms in total. The van der Waals surface area contributed by atoms with Crippen LogP contribution in [0.1, 0.15) is 117 Å². The average molecular weight is 357 g/mol. The lowest BCUT2D eigenvalue weighted by Gasteiger charge is -2.16. The average Bonchev–Trinajstić information content (AvgIpc) is 2.59. The second-order valence-electron chi connectivity index (χ2n) is 7.62. The normalized spacial score (nSPS) is 13.6. The molecule has 0 aromatic rings. The highest BCUT2D eigenvalue weighted by molar-refractivity contribution is 5.72. The van der Waals surface area contributed by atoms with Gasteiger partial charge in [-0.15, -0.1) is 0 Å². The molecule has 0 radical (unpaired) electrons. The SMILES string of the molecule is CCCCCCCCC(CCCCCC)C(=O)OCCCCC(C)O. The van der Waals surface area contributed by atoms with Gasteiger partial charge in [-0.25, -0.2) is 0 Å². The summed E-state index contributed by atoms with van der Waals surface area (Å²) in [6.45, 7) is 6.77. The number of hydrogen-bond acceptors (Lipinski definition) is 3. The Hall–Kier alpha value is -0.570. The number of carbonyl (C=O) groups excluding carboxylic acids is 1. The van der Waals surface area contributed by atoms with E-state index in [-0.39, 0.29) is 18.0 Å². The second kappa shape index (κ2) is 18.2. The van der Waals surface area contributed by atoms with Crippen LogP contribution in [0.25, 0.3) is 0 Å². The third-order valence-corrected chi connectivity index (χ3v) is 4.91. The van der Waals surface area contributed by atoms with Gasteiger partial charge in [-0.3, -0.25) is 4.79 Å². The third kappa shape index (κ3) is 16.6. The van der Waals surface area contributed by atoms with E-state index in [1.54, 1.807) is 6.92 Å². The maximum absolute atomic E-state index is 12.4. The highest BCUT2D eigenvalue weighted by atomic mass is 16.5. The molecular formula is C22H44O3. The number of aliphatic hydroxyl groups excluding tert-OH is 1. The Kier molecular flexibility index (Phi) is 17.8. The summed E-state index contributed by atoms with van der Waals surface area (Å²) in [4.78, 5) is 12.4. The number of aliphatic hydroxyl groups is 1. The molecule has 1 N–H and O–H groups in total. The minimum atomic E-state index is -0.255. The molecule has 0 amide bonds. The van der Waals surface area contributed by atoms with Crippen molar-refractivity contribution < 1.29 is 14.6 Å². The van der Waals surface area contributed by atoms with Gasteiger partial charge in [0.25, 0.3) is 0 Å². The minimum absolute atomic E-state index is 0.0158. The van der Waals surface area contributed by atoms with Crippen LogP contribution < -0.4 is 0 Å². The standard InChI is InChI=1S/C22H44O3/c1-4-6-8-10-11-13-18-21(17-12-9-7-5-2)22(24)25-19-15-14-16-20(3)23/h20-21,23H,4-19H2,1-3H3. The monoisotopic (exact) mass is 356 g/mol. The van der Waals surface area contributed by atoms with Gasteiger partial charge in [-0.1, -0.05) is 78.1 Å². The molecule has 2 unspecified atom stereocenters. The second-order valence-corrected chi connectivity index (χ2v) is 7.62. The minimum Gasteiger partial charge on any atom is -0.465 e. The van der Waals surface area contributed by atoms with E-state index < -0.39 is 0 Å². The van der Waals surface area contributed by atoms with Crippen LogP contribution in [0.5, 0.6) is 0 Å². The summed E-state index contributed by atoms with van der Waals surface area (Å²) in [6.07, 6.45) is 16.8. The van der Waals surface area contributed by atoms with Gasteiger partial charge in [0.15, 0.2) is 0 Å². The van der Waals surface area contributed by atoms with Crippen molar-refractivity contribution in [1.82, 2.24) is 0 Å². The molecule has 2 atom stereocenters. The van der Waals surface area contributed by atoms with Gasteiger partial charge in [0, 0.05) is 0 Å². The van der Waals surface area contributed by atoms with E-state index >= 15 is 0 Å². The molecule has 0 saturated heterocycles. The van der Waals surface area contributed by atoms with Crippen molar-refractivity contribution in [2.75, 3.05) is 6.61 Å². The molecule has 0 aliphatic heterocycles. The van der Waals surface area contributed by atoms with E-state index in [0.717, 1.165) is 44.9 Å². The fourth-order valence-corrected chi connectivity index (χ4v) is 3.20. The van der Waals surface area contributed by atoms with Gasteiger partial charge < -0.3 is 9.84 Å². The Morgan fingerprint density at radius 2 is 1.24 bits per heavy atom. The van der Waals surface area contributed by atoms with Crippen LogP contribution in [0.3, 0.4) is 0 Å². The van der Waals surface area contributed by atoms with Gasteiger partial charge in [0.2, 0.25) is 0 Å². The molecule has 25 heavy (non-hydrogen) atoms. The number of unbranched alkanes of at least 4 members (excludes halogenated alkanes) is 9. The van der Waals surface area contributed by atoms with Crippen LogP contribution in [0.4, 0.5) is 0 Å². The summed E-state index contributed by atoms with van der Waals surface area (Å²) in [6, 6.07) is 0. The Labute approximate surface area is 156 Å². The number of ether oxygens (including phenoxy) is 1. The fourth-order valence-electron chi connectivity index (χ4n) is 3.20. The van der Waals surface area contributed by atoms with E-state index in [1.165, 1.54) is 51.4 Å². The fraction of sp³-hybridized carbons (Fsp3) is 0.955. The third-order valence-electron chi connectivity index (χ3n) is 4.91. The first-order valence-corrected chi connectivity index (χ1v) is 11.0. The highest BCUT2D eigenvalue weighted by Gasteiger charge is 2.19. The van der Waals surface area contributed by atoms with E-state index in [1.807, 2.05) is 0 Å². The van der Waals surface area contributed by atoms with Crippen LogP contribution in [0.2, 0.25) is 0 Å². The largest absolute Gasteiger partial charge is 0.465 e. The Balaban J connectivity index is 4.01. The predicted octanol–water partition coefficient (Wildman–Crippen LogP) is 6.42. The van der Waals surface area contributed by atoms with Gasteiger partial charge in [0.05, 0.1) is 18.6 Å². The van der Waals surface area contributed by atoms with Crippen LogP contribution >= 0.6 is 0 Å². The Morgan fingerprint density at radius 3 is 1.80 bits per heavy atom. The van der Waals surface area contributed by atoms with E-state index in [0.29, 0.717) is 6.61 Å². The van der Waals surface area contributed by atoms with Crippen molar-refractivity contribution in [1.29, 1.82) is 0 Å². The lowest BCUT2D eigenvalue weighted by Crippen LogP contribution is -2.19. The van der Waals surface area contributed by atoms with Crippen molar-refractivity contribution in [2.24, 2.45) is 5.92 Å². The van der Waals surface area contributed by atoms with Gasteiger partial charge in [-0.2, -0.15) is 0 Å². The molecule has 0 heterocycles. The molecule has 3 heteroatoms. The zero-order valence-corrected chi connectivity index (χ0v) is 17.2. The quantitative estimate of drug-likeness (QED) is 0.228. The molecule has 0 fully saturated rings. The highest BCUT2D eigenvalue weighted by Crippen LogP contribution is 2.20. The summed E-state index contributed by atoms with van der Waals surface area (Å²) < 4.78 is 5.52. The van der Waals surface area contributed by atoms with Gasteiger partial charge >= 0.3 is 5.97 Å². The zero-order valence-electron chi connectivity index (χ0n) is 17.2. The Bertz CT molecular complexity index is 289. The smallest absolute Gasteiger partial charge is 0.308 e. The maximum atomic E-state index is 12.4. The number of hydrogen-bond donors (Lipinski definition) is 1. The van der Waals surface area contributed by atoms with Crippen molar-refractivity contribution in [3.8, 4) is 0 Å².